The van der Waals surface area contributed by atoms with Crippen LogP contribution in [0.15, 0.2) is 73.6 Å². The summed E-state index contributed by atoms with van der Waals surface area (Å²) in [7, 11) is 0. The molecule has 1 amide bonds. The molecule has 160 valence electrons. The summed E-state index contributed by atoms with van der Waals surface area (Å²) >= 11 is 0. The van der Waals surface area contributed by atoms with E-state index in [9.17, 15) is 4.79 Å². The molecule has 1 fully saturated rings. The minimum Gasteiger partial charge on any atom is -0.350 e. The third-order valence-corrected chi connectivity index (χ3v) is 5.58. The van der Waals surface area contributed by atoms with Gasteiger partial charge in [0.05, 0.1) is 0 Å². The highest BCUT2D eigenvalue weighted by Gasteiger charge is 2.24. The zero-order valence-corrected chi connectivity index (χ0v) is 17.7. The Kier molecular flexibility index (Phi) is 5.70. The summed E-state index contributed by atoms with van der Waals surface area (Å²) < 4.78 is 2.07. The summed E-state index contributed by atoms with van der Waals surface area (Å²) in [6.07, 6.45) is 14.0. The first-order chi connectivity index (χ1) is 15.8. The molecule has 0 radical (unpaired) electrons. The van der Waals surface area contributed by atoms with Crippen LogP contribution in [-0.4, -0.2) is 37.0 Å². The molecule has 1 aliphatic carbocycles. The molecule has 4 heterocycles. The average molecular weight is 425 g/mol. The normalized spacial score (nSPS) is 13.1. The van der Waals surface area contributed by atoms with E-state index < -0.39 is 0 Å². The standard InChI is InChI=1S/C25H24N6O/c32-25(28-11-8-22-5-1-2-10-27-22)23-12-20(17-31(23)16-18-6-7-18)21-14-29-24(30-15-21)19-4-3-9-26-13-19/h1-5,9-10,12-15,17-18H,6-8,11,16H2,(H,28,32). The Morgan fingerprint density at radius 3 is 2.56 bits per heavy atom. The molecule has 1 aliphatic rings. The van der Waals surface area contributed by atoms with Gasteiger partial charge in [0, 0.05) is 79.1 Å². The molecule has 0 atom stereocenters. The fourth-order valence-corrected chi connectivity index (χ4v) is 3.65. The number of hydrogen-bond acceptors (Lipinski definition) is 5. The Bertz CT molecular complexity index is 1180. The van der Waals surface area contributed by atoms with Gasteiger partial charge in [-0.15, -0.1) is 0 Å². The molecule has 0 aromatic carbocycles. The Balaban J connectivity index is 1.33. The van der Waals surface area contributed by atoms with Gasteiger partial charge < -0.3 is 9.88 Å². The maximum Gasteiger partial charge on any atom is 0.267 e. The van der Waals surface area contributed by atoms with Crippen LogP contribution in [0.3, 0.4) is 0 Å². The highest BCUT2D eigenvalue weighted by atomic mass is 16.1. The lowest BCUT2D eigenvalue weighted by Gasteiger charge is -2.09. The van der Waals surface area contributed by atoms with Gasteiger partial charge in [-0.3, -0.25) is 14.8 Å². The number of hydrogen-bond donors (Lipinski definition) is 1. The highest BCUT2D eigenvalue weighted by Crippen LogP contribution is 2.32. The smallest absolute Gasteiger partial charge is 0.267 e. The van der Waals surface area contributed by atoms with Gasteiger partial charge in [-0.2, -0.15) is 0 Å². The number of nitrogens with zero attached hydrogens (tertiary/aromatic N) is 5. The van der Waals surface area contributed by atoms with E-state index in [0.717, 1.165) is 28.9 Å². The van der Waals surface area contributed by atoms with Crippen molar-refractivity contribution < 1.29 is 4.79 Å². The number of pyridine rings is 2. The number of carbonyl (C=O) groups excluding carboxylic acids is 1. The Hall–Kier alpha value is -3.87. The van der Waals surface area contributed by atoms with E-state index in [-0.39, 0.29) is 5.91 Å². The van der Waals surface area contributed by atoms with Crippen molar-refractivity contribution in [2.75, 3.05) is 6.54 Å². The molecule has 0 unspecified atom stereocenters. The summed E-state index contributed by atoms with van der Waals surface area (Å²) in [6.45, 7) is 1.40. The number of carbonyl (C=O) groups is 1. The lowest BCUT2D eigenvalue weighted by Crippen LogP contribution is -2.28. The van der Waals surface area contributed by atoms with Gasteiger partial charge >= 0.3 is 0 Å². The van der Waals surface area contributed by atoms with Crippen molar-refractivity contribution in [2.45, 2.75) is 25.8 Å². The van der Waals surface area contributed by atoms with Crippen LogP contribution < -0.4 is 5.32 Å². The van der Waals surface area contributed by atoms with Gasteiger partial charge in [-0.25, -0.2) is 9.97 Å². The largest absolute Gasteiger partial charge is 0.350 e. The van der Waals surface area contributed by atoms with Gasteiger partial charge in [-0.05, 0) is 49.1 Å². The molecule has 1 N–H and O–H groups in total. The van der Waals surface area contributed by atoms with Crippen LogP contribution in [0.1, 0.15) is 29.0 Å². The van der Waals surface area contributed by atoms with E-state index >= 15 is 0 Å². The molecular formula is C25H24N6O. The minimum atomic E-state index is -0.0688. The molecule has 7 nitrogen and oxygen atoms in total. The van der Waals surface area contributed by atoms with Gasteiger partial charge in [-0.1, -0.05) is 6.07 Å². The van der Waals surface area contributed by atoms with Crippen LogP contribution in [0.4, 0.5) is 0 Å². The van der Waals surface area contributed by atoms with Crippen molar-refractivity contribution in [2.24, 2.45) is 5.92 Å². The van der Waals surface area contributed by atoms with Crippen LogP contribution in [0.5, 0.6) is 0 Å². The average Bonchev–Trinajstić information content (AvgIpc) is 3.56. The highest BCUT2D eigenvalue weighted by molar-refractivity contribution is 5.94. The quantitative estimate of drug-likeness (QED) is 0.465. The number of nitrogens with one attached hydrogen (secondary N) is 1. The fourth-order valence-electron chi connectivity index (χ4n) is 3.65. The van der Waals surface area contributed by atoms with Gasteiger partial charge in [0.2, 0.25) is 0 Å². The van der Waals surface area contributed by atoms with Crippen LogP contribution in [0.2, 0.25) is 0 Å². The van der Waals surface area contributed by atoms with Crippen molar-refractivity contribution in [3.8, 4) is 22.5 Å². The first-order valence-electron chi connectivity index (χ1n) is 10.9. The Morgan fingerprint density at radius 2 is 1.84 bits per heavy atom. The lowest BCUT2D eigenvalue weighted by atomic mass is 10.1. The van der Waals surface area contributed by atoms with Crippen LogP contribution in [0, 0.1) is 5.92 Å². The monoisotopic (exact) mass is 424 g/mol. The molecule has 4 aromatic heterocycles. The molecule has 1 saturated carbocycles. The van der Waals surface area contributed by atoms with Gasteiger partial charge in [0.15, 0.2) is 5.82 Å². The van der Waals surface area contributed by atoms with Crippen molar-refractivity contribution in [3.63, 3.8) is 0 Å². The third-order valence-electron chi connectivity index (χ3n) is 5.58. The topological polar surface area (TPSA) is 85.6 Å². The van der Waals surface area contributed by atoms with E-state index in [1.54, 1.807) is 31.0 Å². The summed E-state index contributed by atoms with van der Waals surface area (Å²) in [5.41, 5.74) is 4.34. The van der Waals surface area contributed by atoms with Crippen LogP contribution in [-0.2, 0) is 13.0 Å². The molecule has 0 saturated heterocycles. The van der Waals surface area contributed by atoms with E-state index in [4.69, 9.17) is 0 Å². The third kappa shape index (κ3) is 4.72. The van der Waals surface area contributed by atoms with Gasteiger partial charge in [0.1, 0.15) is 5.69 Å². The maximum absolute atomic E-state index is 13.0. The summed E-state index contributed by atoms with van der Waals surface area (Å²) in [5, 5.41) is 3.04. The van der Waals surface area contributed by atoms with Crippen molar-refractivity contribution in [1.82, 2.24) is 29.8 Å². The number of rotatable bonds is 8. The summed E-state index contributed by atoms with van der Waals surface area (Å²) in [5.74, 6) is 1.21. The molecule has 32 heavy (non-hydrogen) atoms. The lowest BCUT2D eigenvalue weighted by molar-refractivity contribution is 0.0944. The molecule has 5 rings (SSSR count). The van der Waals surface area contributed by atoms with E-state index in [1.807, 2.05) is 42.6 Å². The predicted molar refractivity (Wildman–Crippen MR) is 122 cm³/mol. The Labute approximate surface area is 186 Å². The van der Waals surface area contributed by atoms with E-state index in [2.05, 4.69) is 29.8 Å². The predicted octanol–water partition coefficient (Wildman–Crippen LogP) is 3.78. The van der Waals surface area contributed by atoms with E-state index in [1.165, 1.54) is 12.8 Å². The zero-order chi connectivity index (χ0) is 21.8. The first-order valence-corrected chi connectivity index (χ1v) is 10.9. The minimum absolute atomic E-state index is 0.0688. The van der Waals surface area contributed by atoms with Crippen LogP contribution in [0.25, 0.3) is 22.5 Å². The molecule has 0 bridgehead atoms. The second-order valence-corrected chi connectivity index (χ2v) is 8.07. The molecule has 4 aromatic rings. The Morgan fingerprint density at radius 1 is 0.969 bits per heavy atom. The molecular weight excluding hydrogens is 400 g/mol. The summed E-state index contributed by atoms with van der Waals surface area (Å²) in [4.78, 5) is 30.4. The maximum atomic E-state index is 13.0. The van der Waals surface area contributed by atoms with Crippen molar-refractivity contribution in [3.05, 3.63) is 85.0 Å². The first kappa shape index (κ1) is 20.1. The molecule has 7 heteroatoms. The van der Waals surface area contributed by atoms with E-state index in [0.29, 0.717) is 30.4 Å². The van der Waals surface area contributed by atoms with Crippen LogP contribution >= 0.6 is 0 Å². The SMILES string of the molecule is O=C(NCCc1ccccn1)c1cc(-c2cnc(-c3cccnc3)nc2)cn1CC1CC1. The molecule has 0 spiro atoms. The second-order valence-electron chi connectivity index (χ2n) is 8.07. The van der Waals surface area contributed by atoms with Crippen molar-refractivity contribution >= 4 is 5.91 Å². The molecule has 0 aliphatic heterocycles. The van der Waals surface area contributed by atoms with Gasteiger partial charge in [0.25, 0.3) is 5.91 Å². The van der Waals surface area contributed by atoms with Crippen molar-refractivity contribution in [1.29, 1.82) is 0 Å². The number of amides is 1. The fraction of sp³-hybridized carbons (Fsp3) is 0.240. The zero-order valence-electron chi connectivity index (χ0n) is 17.7. The number of aromatic nitrogens is 5. The second kappa shape index (κ2) is 9.09. The summed E-state index contributed by atoms with van der Waals surface area (Å²) in [6, 6.07) is 11.5.